The third-order valence-corrected chi connectivity index (χ3v) is 7.32. The van der Waals surface area contributed by atoms with Crippen LogP contribution in [0.15, 0.2) is 30.3 Å². The van der Waals surface area contributed by atoms with Gasteiger partial charge in [0, 0.05) is 17.2 Å². The molecule has 1 saturated heterocycles. The van der Waals surface area contributed by atoms with Crippen molar-refractivity contribution in [1.29, 1.82) is 0 Å². The molecule has 3 aliphatic heterocycles. The molecule has 0 spiro atoms. The summed E-state index contributed by atoms with van der Waals surface area (Å²) < 4.78 is 34.9. The van der Waals surface area contributed by atoms with Gasteiger partial charge in [-0.3, -0.25) is 5.32 Å². The van der Waals surface area contributed by atoms with Crippen LogP contribution in [0, 0.1) is 5.92 Å². The fourth-order valence-electron chi connectivity index (χ4n) is 5.11. The Hall–Kier alpha value is -3.29. The molecular weight excluding hydrogens is 526 g/mol. The first-order chi connectivity index (χ1) is 19.2. The largest absolute Gasteiger partial charge is 0.492 e. The van der Waals surface area contributed by atoms with E-state index >= 15 is 0 Å². The van der Waals surface area contributed by atoms with Gasteiger partial charge in [0.2, 0.25) is 12.0 Å². The number of nitrogens with one attached hydrogen (secondary N) is 1. The molecule has 0 aromatic heterocycles. The van der Waals surface area contributed by atoms with Crippen LogP contribution < -0.4 is 29.0 Å². The lowest BCUT2D eigenvalue weighted by molar-refractivity contribution is -0.271. The van der Waals surface area contributed by atoms with Gasteiger partial charge < -0.3 is 48.8 Å². The molecule has 3 aliphatic rings. The van der Waals surface area contributed by atoms with E-state index in [1.807, 2.05) is 12.1 Å². The van der Waals surface area contributed by atoms with Gasteiger partial charge in [-0.2, -0.15) is 0 Å². The van der Waals surface area contributed by atoms with Crippen molar-refractivity contribution in [2.45, 2.75) is 63.0 Å². The Morgan fingerprint density at radius 1 is 1.10 bits per heavy atom. The third kappa shape index (κ3) is 5.37. The highest BCUT2D eigenvalue weighted by Crippen LogP contribution is 2.56. The van der Waals surface area contributed by atoms with Gasteiger partial charge in [0.25, 0.3) is 0 Å². The number of carboxylic acids is 1. The second kappa shape index (κ2) is 11.7. The highest BCUT2D eigenvalue weighted by atomic mass is 16.7. The monoisotopic (exact) mass is 561 g/mol. The van der Waals surface area contributed by atoms with Crippen molar-refractivity contribution in [3.05, 3.63) is 41.5 Å². The number of carbonyl (C=O) groups is 1. The number of carboxylic acid groups (broad SMARTS) is 1. The van der Waals surface area contributed by atoms with Crippen molar-refractivity contribution in [3.63, 3.8) is 0 Å². The molecule has 3 heterocycles. The van der Waals surface area contributed by atoms with Crippen molar-refractivity contribution >= 4 is 5.97 Å². The summed E-state index contributed by atoms with van der Waals surface area (Å²) in [5, 5.41) is 42.8. The van der Waals surface area contributed by atoms with E-state index in [9.17, 15) is 25.2 Å². The molecule has 12 heteroatoms. The van der Waals surface area contributed by atoms with Crippen LogP contribution in [0.5, 0.6) is 28.7 Å². The summed E-state index contributed by atoms with van der Waals surface area (Å²) in [7, 11) is 1.57. The Labute approximate surface area is 231 Å². The normalized spacial score (nSPS) is 28.5. The fraction of sp³-hybridized carbons (Fsp3) is 0.536. The summed E-state index contributed by atoms with van der Waals surface area (Å²) in [6.07, 6.45) is -7.84. The predicted molar refractivity (Wildman–Crippen MR) is 139 cm³/mol. The summed E-state index contributed by atoms with van der Waals surface area (Å²) in [6, 6.07) is 8.76. The first-order valence-electron chi connectivity index (χ1n) is 13.3. The molecule has 5 rings (SSSR count). The lowest BCUT2D eigenvalue weighted by Crippen LogP contribution is -2.61. The Balaban J connectivity index is 1.30. The zero-order chi connectivity index (χ0) is 28.6. The molecule has 218 valence electrons. The lowest BCUT2D eigenvalue weighted by Gasteiger charge is -2.38. The van der Waals surface area contributed by atoms with E-state index in [0.717, 1.165) is 24.1 Å². The van der Waals surface area contributed by atoms with Crippen molar-refractivity contribution in [2.75, 3.05) is 27.0 Å². The van der Waals surface area contributed by atoms with Gasteiger partial charge in [-0.15, -0.1) is 0 Å². The summed E-state index contributed by atoms with van der Waals surface area (Å²) in [5.74, 6) is 1.40. The Kier molecular flexibility index (Phi) is 8.24. The van der Waals surface area contributed by atoms with Gasteiger partial charge in [0.05, 0.1) is 19.6 Å². The van der Waals surface area contributed by atoms with Crippen molar-refractivity contribution in [3.8, 4) is 28.7 Å². The number of rotatable bonds is 10. The Morgan fingerprint density at radius 2 is 1.88 bits per heavy atom. The van der Waals surface area contributed by atoms with Gasteiger partial charge in [-0.05, 0) is 37.1 Å². The molecule has 12 nitrogen and oxygen atoms in total. The number of fused-ring (bicyclic) bond motifs is 5. The van der Waals surface area contributed by atoms with Crippen molar-refractivity contribution < 1.29 is 53.6 Å². The number of hydrogen-bond donors (Lipinski definition) is 5. The summed E-state index contributed by atoms with van der Waals surface area (Å²) in [5.41, 5.74) is 1.71. The van der Waals surface area contributed by atoms with Gasteiger partial charge >= 0.3 is 5.97 Å². The van der Waals surface area contributed by atoms with Crippen LogP contribution in [0.3, 0.4) is 0 Å². The molecular formula is C28H35NO11. The van der Waals surface area contributed by atoms with Crippen LogP contribution in [0.4, 0.5) is 0 Å². The maximum atomic E-state index is 11.4. The van der Waals surface area contributed by atoms with Gasteiger partial charge in [0.1, 0.15) is 42.6 Å². The average molecular weight is 562 g/mol. The number of benzene rings is 2. The van der Waals surface area contributed by atoms with Crippen molar-refractivity contribution in [1.82, 2.24) is 5.32 Å². The van der Waals surface area contributed by atoms with E-state index < -0.39 is 36.7 Å². The zero-order valence-electron chi connectivity index (χ0n) is 22.5. The zero-order valence-corrected chi connectivity index (χ0v) is 22.5. The molecule has 5 N–H and O–H groups in total. The van der Waals surface area contributed by atoms with Crippen molar-refractivity contribution in [2.24, 2.45) is 5.92 Å². The number of aliphatic hydroxyl groups excluding tert-OH is 3. The summed E-state index contributed by atoms with van der Waals surface area (Å²) in [4.78, 5) is 11.4. The molecule has 0 amide bonds. The predicted octanol–water partition coefficient (Wildman–Crippen LogP) is 1.55. The molecule has 40 heavy (non-hydrogen) atoms. The third-order valence-electron chi connectivity index (χ3n) is 7.32. The van der Waals surface area contributed by atoms with E-state index in [2.05, 4.69) is 19.2 Å². The molecule has 0 aliphatic carbocycles. The Bertz CT molecular complexity index is 1220. The van der Waals surface area contributed by atoms with Crippen LogP contribution in [0.2, 0.25) is 0 Å². The highest BCUT2D eigenvalue weighted by molar-refractivity contribution is 5.73. The summed E-state index contributed by atoms with van der Waals surface area (Å²) in [6.45, 7) is 5.85. The molecule has 1 fully saturated rings. The molecule has 2 aromatic carbocycles. The molecule has 0 bridgehead atoms. The minimum atomic E-state index is -1.80. The standard InChI is InChI=1S/C28H35NO11/c1-13(2)8-9-29-12-37-18-7-6-15-17-11-36-19-10-14(4-5-16(19)23(17)39-24(15)25(18)35-3)38-28-22(32)20(30)21(31)26(40-28)27(33)34/h4-7,10,13,17,20-23,26,28-32H,8-9,11-12H2,1-3H3,(H,33,34)/t17-,20-,21-,22+,23+,26-,28-/m0/s1. The number of methoxy groups -OCH3 is 1. The SMILES string of the molecule is COc1c(OCNCCC(C)C)ccc2c1O[C@@H]1c3ccc(O[C@H]4O[C@H](C(=O)O)[C@@H](O)[C@H](O)[C@H]4O)cc3OC[C@@H]21. The maximum Gasteiger partial charge on any atom is 0.335 e. The second-order valence-corrected chi connectivity index (χ2v) is 10.5. The summed E-state index contributed by atoms with van der Waals surface area (Å²) >= 11 is 0. The van der Waals surface area contributed by atoms with E-state index in [1.165, 1.54) is 0 Å². The maximum absolute atomic E-state index is 11.4. The van der Waals surface area contributed by atoms with Gasteiger partial charge in [-0.25, -0.2) is 4.79 Å². The molecule has 7 atom stereocenters. The number of ether oxygens (including phenoxy) is 6. The van der Waals surface area contributed by atoms with E-state index in [0.29, 0.717) is 42.3 Å². The molecule has 0 unspecified atom stereocenters. The fourth-order valence-corrected chi connectivity index (χ4v) is 5.11. The second-order valence-electron chi connectivity index (χ2n) is 10.5. The van der Waals surface area contributed by atoms with E-state index in [4.69, 9.17) is 28.4 Å². The number of aliphatic carboxylic acids is 1. The van der Waals surface area contributed by atoms with Crippen LogP contribution in [-0.4, -0.2) is 84.1 Å². The molecule has 0 saturated carbocycles. The molecule has 2 aromatic rings. The topological polar surface area (TPSA) is 165 Å². The first-order valence-corrected chi connectivity index (χ1v) is 13.3. The smallest absolute Gasteiger partial charge is 0.335 e. The highest BCUT2D eigenvalue weighted by Gasteiger charge is 2.48. The van der Waals surface area contributed by atoms with Crippen LogP contribution in [0.25, 0.3) is 0 Å². The minimum absolute atomic E-state index is 0.0853. The molecule has 0 radical (unpaired) electrons. The number of hydrogen-bond acceptors (Lipinski definition) is 11. The van der Waals surface area contributed by atoms with Gasteiger partial charge in [-0.1, -0.05) is 19.9 Å². The first kappa shape index (κ1) is 28.2. The lowest BCUT2D eigenvalue weighted by atomic mass is 9.89. The minimum Gasteiger partial charge on any atom is -0.492 e. The van der Waals surface area contributed by atoms with Gasteiger partial charge in [0.15, 0.2) is 17.6 Å². The Morgan fingerprint density at radius 3 is 2.60 bits per heavy atom. The van der Waals surface area contributed by atoms with Crippen LogP contribution >= 0.6 is 0 Å². The quantitative estimate of drug-likeness (QED) is 0.210. The average Bonchev–Trinajstić information content (AvgIpc) is 3.31. The van der Waals surface area contributed by atoms with E-state index in [1.54, 1.807) is 25.3 Å². The van der Waals surface area contributed by atoms with Crippen LogP contribution in [0.1, 0.15) is 43.4 Å². The van der Waals surface area contributed by atoms with Crippen LogP contribution in [-0.2, 0) is 9.53 Å². The van der Waals surface area contributed by atoms with E-state index in [-0.39, 0.29) is 17.8 Å². The number of aliphatic hydroxyl groups is 3.